The van der Waals surface area contributed by atoms with E-state index in [1.165, 1.54) is 0 Å². The molecule has 0 unspecified atom stereocenters. The van der Waals surface area contributed by atoms with Gasteiger partial charge in [-0.15, -0.1) is 18.3 Å². The molecular formula is C10H14N2S. The molecule has 13 heavy (non-hydrogen) atoms. The van der Waals surface area contributed by atoms with Gasteiger partial charge in [0, 0.05) is 0 Å². The van der Waals surface area contributed by atoms with Crippen molar-refractivity contribution in [1.29, 1.82) is 0 Å². The molecule has 2 N–H and O–H groups in total. The summed E-state index contributed by atoms with van der Waals surface area (Å²) >= 11 is 1.75. The van der Waals surface area contributed by atoms with Gasteiger partial charge in [-0.3, -0.25) is 0 Å². The number of hydrogen-bond acceptors (Lipinski definition) is 3. The van der Waals surface area contributed by atoms with Crippen LogP contribution in [0.15, 0.2) is 36.0 Å². The van der Waals surface area contributed by atoms with Crippen LogP contribution in [0.4, 0.5) is 5.69 Å². The van der Waals surface area contributed by atoms with E-state index in [0.717, 1.165) is 29.3 Å². The molecule has 2 nitrogen and oxygen atoms in total. The van der Waals surface area contributed by atoms with Crippen LogP contribution in [0, 0.1) is 0 Å². The zero-order chi connectivity index (χ0) is 9.52. The molecule has 1 aromatic heterocycles. The Morgan fingerprint density at radius 1 is 1.54 bits per heavy atom. The highest BCUT2D eigenvalue weighted by Crippen LogP contribution is 2.17. The Balaban J connectivity index is 2.28. The number of thioether (sulfide) groups is 1. The first-order valence-corrected chi connectivity index (χ1v) is 5.26. The predicted molar refractivity (Wildman–Crippen MR) is 58.8 cm³/mol. The molecule has 0 radical (unpaired) electrons. The maximum atomic E-state index is 5.52. The zero-order valence-corrected chi connectivity index (χ0v) is 8.39. The van der Waals surface area contributed by atoms with E-state index in [4.69, 9.17) is 5.73 Å². The van der Waals surface area contributed by atoms with Crippen LogP contribution >= 0.6 is 11.8 Å². The summed E-state index contributed by atoms with van der Waals surface area (Å²) in [6, 6.07) is 3.83. The average Bonchev–Trinajstić information content (AvgIpc) is 2.15. The topological polar surface area (TPSA) is 38.9 Å². The predicted octanol–water partition coefficient (Wildman–Crippen LogP) is 2.72. The molecule has 0 aliphatic rings. The quantitative estimate of drug-likeness (QED) is 0.445. The molecule has 0 amide bonds. The molecule has 3 heteroatoms. The van der Waals surface area contributed by atoms with E-state index in [1.54, 1.807) is 18.0 Å². The number of nitrogens with two attached hydrogens (primary N) is 1. The van der Waals surface area contributed by atoms with Crippen LogP contribution < -0.4 is 5.73 Å². The number of aromatic nitrogens is 1. The van der Waals surface area contributed by atoms with Crippen molar-refractivity contribution in [3.63, 3.8) is 0 Å². The van der Waals surface area contributed by atoms with Crippen LogP contribution in [0.5, 0.6) is 0 Å². The molecule has 0 aromatic carbocycles. The standard InChI is InChI=1S/C10H14N2S/c1-2-3-4-7-13-10-6-5-9(11)8-12-10/h2,5-6,8H,1,3-4,7,11H2. The lowest BCUT2D eigenvalue weighted by atomic mass is 10.3. The van der Waals surface area contributed by atoms with E-state index >= 15 is 0 Å². The molecule has 1 rings (SSSR count). The third-order valence-electron chi connectivity index (χ3n) is 1.56. The van der Waals surface area contributed by atoms with Gasteiger partial charge in [-0.2, -0.15) is 0 Å². The Hall–Kier alpha value is -0.960. The zero-order valence-electron chi connectivity index (χ0n) is 7.57. The van der Waals surface area contributed by atoms with E-state index in [2.05, 4.69) is 11.6 Å². The number of pyridine rings is 1. The lowest BCUT2D eigenvalue weighted by Gasteiger charge is -1.99. The smallest absolute Gasteiger partial charge is 0.0961 e. The summed E-state index contributed by atoms with van der Waals surface area (Å²) in [6.45, 7) is 3.68. The van der Waals surface area contributed by atoms with E-state index in [1.807, 2.05) is 18.2 Å². The Morgan fingerprint density at radius 2 is 2.38 bits per heavy atom. The second-order valence-electron chi connectivity index (χ2n) is 2.71. The molecule has 70 valence electrons. The van der Waals surface area contributed by atoms with Crippen LogP contribution in [0.3, 0.4) is 0 Å². The Labute approximate surface area is 83.2 Å². The Bertz CT molecular complexity index is 256. The van der Waals surface area contributed by atoms with E-state index in [0.29, 0.717) is 0 Å². The van der Waals surface area contributed by atoms with Crippen LogP contribution in [-0.2, 0) is 0 Å². The van der Waals surface area contributed by atoms with E-state index in [-0.39, 0.29) is 0 Å². The number of nitrogens with zero attached hydrogens (tertiary/aromatic N) is 1. The van der Waals surface area contributed by atoms with Gasteiger partial charge in [0.15, 0.2) is 0 Å². The molecule has 0 fully saturated rings. The summed E-state index contributed by atoms with van der Waals surface area (Å²) in [5.41, 5.74) is 6.24. The second-order valence-corrected chi connectivity index (χ2v) is 3.82. The van der Waals surface area contributed by atoms with Crippen molar-refractivity contribution in [1.82, 2.24) is 4.98 Å². The highest BCUT2D eigenvalue weighted by molar-refractivity contribution is 7.99. The van der Waals surface area contributed by atoms with Crippen molar-refractivity contribution in [2.75, 3.05) is 11.5 Å². The minimum Gasteiger partial charge on any atom is -0.397 e. The fraction of sp³-hybridized carbons (Fsp3) is 0.300. The summed E-state index contributed by atoms with van der Waals surface area (Å²) in [7, 11) is 0. The number of anilines is 1. The molecular weight excluding hydrogens is 180 g/mol. The van der Waals surface area contributed by atoms with Crippen LogP contribution in [0.25, 0.3) is 0 Å². The van der Waals surface area contributed by atoms with Gasteiger partial charge in [0.05, 0.1) is 16.9 Å². The van der Waals surface area contributed by atoms with Crippen LogP contribution in [-0.4, -0.2) is 10.7 Å². The van der Waals surface area contributed by atoms with Crippen LogP contribution in [0.2, 0.25) is 0 Å². The molecule has 0 saturated carbocycles. The van der Waals surface area contributed by atoms with Gasteiger partial charge in [-0.1, -0.05) is 6.08 Å². The monoisotopic (exact) mass is 194 g/mol. The lowest BCUT2D eigenvalue weighted by Crippen LogP contribution is -1.87. The molecule has 0 aliphatic heterocycles. The van der Waals surface area contributed by atoms with Gasteiger partial charge in [-0.25, -0.2) is 4.98 Å². The largest absolute Gasteiger partial charge is 0.397 e. The van der Waals surface area contributed by atoms with Gasteiger partial charge in [0.2, 0.25) is 0 Å². The van der Waals surface area contributed by atoms with E-state index < -0.39 is 0 Å². The number of unbranched alkanes of at least 4 members (excludes halogenated alkanes) is 1. The average molecular weight is 194 g/mol. The van der Waals surface area contributed by atoms with Crippen molar-refractivity contribution in [2.24, 2.45) is 0 Å². The number of nitrogen functional groups attached to an aromatic ring is 1. The maximum Gasteiger partial charge on any atom is 0.0961 e. The van der Waals surface area contributed by atoms with Crippen LogP contribution in [0.1, 0.15) is 12.8 Å². The SMILES string of the molecule is C=CCCCSc1ccc(N)cn1. The number of hydrogen-bond donors (Lipinski definition) is 1. The highest BCUT2D eigenvalue weighted by atomic mass is 32.2. The summed E-state index contributed by atoms with van der Waals surface area (Å²) in [5.74, 6) is 1.09. The van der Waals surface area contributed by atoms with Crippen molar-refractivity contribution in [2.45, 2.75) is 17.9 Å². The van der Waals surface area contributed by atoms with Gasteiger partial charge in [-0.05, 0) is 30.7 Å². The molecule has 1 aromatic rings. The minimum atomic E-state index is 0.718. The van der Waals surface area contributed by atoms with Gasteiger partial charge >= 0.3 is 0 Å². The third-order valence-corrected chi connectivity index (χ3v) is 2.59. The fourth-order valence-corrected chi connectivity index (χ4v) is 1.69. The summed E-state index contributed by atoms with van der Waals surface area (Å²) in [6.07, 6.45) is 5.86. The molecule has 0 spiro atoms. The summed E-state index contributed by atoms with van der Waals surface area (Å²) < 4.78 is 0. The highest BCUT2D eigenvalue weighted by Gasteiger charge is 1.93. The van der Waals surface area contributed by atoms with Crippen molar-refractivity contribution in [3.05, 3.63) is 31.0 Å². The Morgan fingerprint density at radius 3 is 3.00 bits per heavy atom. The Kier molecular flexibility index (Phi) is 4.40. The number of allylic oxidation sites excluding steroid dienone is 1. The van der Waals surface area contributed by atoms with Crippen molar-refractivity contribution in [3.8, 4) is 0 Å². The summed E-state index contributed by atoms with van der Waals surface area (Å²) in [5, 5.41) is 1.04. The normalized spacial score (nSPS) is 9.85. The molecule has 1 heterocycles. The van der Waals surface area contributed by atoms with E-state index in [9.17, 15) is 0 Å². The maximum absolute atomic E-state index is 5.52. The van der Waals surface area contributed by atoms with Crippen molar-refractivity contribution < 1.29 is 0 Å². The second kappa shape index (κ2) is 5.65. The molecule has 0 bridgehead atoms. The molecule has 0 atom stereocenters. The molecule has 0 saturated heterocycles. The summed E-state index contributed by atoms with van der Waals surface area (Å²) in [4.78, 5) is 4.19. The van der Waals surface area contributed by atoms with Gasteiger partial charge in [0.25, 0.3) is 0 Å². The van der Waals surface area contributed by atoms with Gasteiger partial charge < -0.3 is 5.73 Å². The molecule has 0 aliphatic carbocycles. The lowest BCUT2D eigenvalue weighted by molar-refractivity contribution is 0.970. The first-order chi connectivity index (χ1) is 6.33. The van der Waals surface area contributed by atoms with Gasteiger partial charge in [0.1, 0.15) is 0 Å². The first-order valence-electron chi connectivity index (χ1n) is 4.28. The van der Waals surface area contributed by atoms with Crippen molar-refractivity contribution >= 4 is 17.4 Å². The minimum absolute atomic E-state index is 0.718. The first kappa shape index (κ1) is 10.1. The third kappa shape index (κ3) is 3.99. The number of rotatable bonds is 5. The fourth-order valence-electron chi connectivity index (χ4n) is 0.882.